The topological polar surface area (TPSA) is 44.4 Å². The summed E-state index contributed by atoms with van der Waals surface area (Å²) < 4.78 is 27.1. The van der Waals surface area contributed by atoms with Gasteiger partial charge in [-0.15, -0.1) is 0 Å². The summed E-state index contributed by atoms with van der Waals surface area (Å²) in [5.74, 6) is -1.68. The number of benzene rings is 1. The van der Waals surface area contributed by atoms with Crippen molar-refractivity contribution in [2.24, 2.45) is 0 Å². The van der Waals surface area contributed by atoms with Crippen molar-refractivity contribution in [3.63, 3.8) is 0 Å². The van der Waals surface area contributed by atoms with E-state index >= 15 is 0 Å². The second kappa shape index (κ2) is 5.97. The molecule has 2 amide bonds. The van der Waals surface area contributed by atoms with E-state index in [2.05, 4.69) is 10.6 Å². The Morgan fingerprint density at radius 3 is 2.81 bits per heavy atom. The van der Waals surface area contributed by atoms with Crippen molar-refractivity contribution < 1.29 is 13.6 Å². The molecule has 0 saturated carbocycles. The Balaban J connectivity index is 1.67. The van der Waals surface area contributed by atoms with Crippen molar-refractivity contribution in [3.05, 3.63) is 34.9 Å². The van der Waals surface area contributed by atoms with Crippen LogP contribution in [0.1, 0.15) is 24.0 Å². The van der Waals surface area contributed by atoms with Gasteiger partial charge in [0.15, 0.2) is 11.6 Å². The number of carbonyl (C=O) groups is 1. The molecule has 1 aromatic carbocycles. The van der Waals surface area contributed by atoms with Crippen LogP contribution < -0.4 is 10.6 Å². The number of rotatable bonds is 1. The van der Waals surface area contributed by atoms with Crippen molar-refractivity contribution in [2.45, 2.75) is 31.8 Å². The molecule has 114 valence electrons. The van der Waals surface area contributed by atoms with Crippen LogP contribution in [0.3, 0.4) is 0 Å². The molecule has 4 nitrogen and oxygen atoms in total. The van der Waals surface area contributed by atoms with Crippen molar-refractivity contribution >= 4 is 6.03 Å². The number of hydrogen-bond donors (Lipinski definition) is 2. The van der Waals surface area contributed by atoms with Crippen LogP contribution in [0.5, 0.6) is 0 Å². The quantitative estimate of drug-likeness (QED) is 0.829. The smallest absolute Gasteiger partial charge is 0.317 e. The fourth-order valence-corrected chi connectivity index (χ4v) is 2.97. The van der Waals surface area contributed by atoms with Gasteiger partial charge in [0.2, 0.25) is 0 Å². The van der Waals surface area contributed by atoms with Gasteiger partial charge in [0.1, 0.15) is 0 Å². The molecule has 6 heteroatoms. The zero-order valence-corrected chi connectivity index (χ0v) is 11.8. The summed E-state index contributed by atoms with van der Waals surface area (Å²) in [5, 5.41) is 6.22. The lowest BCUT2D eigenvalue weighted by Gasteiger charge is -2.32. The minimum absolute atomic E-state index is 0.135. The number of hydrogen-bond acceptors (Lipinski definition) is 2. The van der Waals surface area contributed by atoms with Gasteiger partial charge in [-0.1, -0.05) is 6.07 Å². The van der Waals surface area contributed by atoms with Gasteiger partial charge in [0, 0.05) is 18.2 Å². The molecule has 0 spiro atoms. The van der Waals surface area contributed by atoms with Gasteiger partial charge < -0.3 is 15.5 Å². The largest absolute Gasteiger partial charge is 0.335 e. The molecule has 3 rings (SSSR count). The maximum absolute atomic E-state index is 13.8. The molecule has 2 aliphatic heterocycles. The van der Waals surface area contributed by atoms with E-state index in [-0.39, 0.29) is 18.6 Å². The summed E-state index contributed by atoms with van der Waals surface area (Å²) in [6.45, 7) is 2.46. The molecule has 0 bridgehead atoms. The maximum atomic E-state index is 13.8. The van der Waals surface area contributed by atoms with Crippen molar-refractivity contribution in [2.75, 3.05) is 19.6 Å². The molecule has 21 heavy (non-hydrogen) atoms. The summed E-state index contributed by atoms with van der Waals surface area (Å²) in [4.78, 5) is 13.8. The first kappa shape index (κ1) is 14.3. The highest BCUT2D eigenvalue weighted by molar-refractivity contribution is 5.75. The minimum atomic E-state index is -0.852. The molecule has 0 radical (unpaired) electrons. The van der Waals surface area contributed by atoms with E-state index in [9.17, 15) is 13.6 Å². The van der Waals surface area contributed by atoms with E-state index in [4.69, 9.17) is 0 Å². The van der Waals surface area contributed by atoms with Crippen LogP contribution in [0.4, 0.5) is 13.6 Å². The summed E-state index contributed by atoms with van der Waals surface area (Å²) in [6.07, 6.45) is 2.37. The lowest BCUT2D eigenvalue weighted by Crippen LogP contribution is -2.49. The van der Waals surface area contributed by atoms with Gasteiger partial charge in [0.25, 0.3) is 0 Å². The minimum Gasteiger partial charge on any atom is -0.335 e. The number of carbonyl (C=O) groups excluding carboxylic acids is 1. The van der Waals surface area contributed by atoms with Crippen molar-refractivity contribution in [1.29, 1.82) is 0 Å². The average Bonchev–Trinajstić information content (AvgIpc) is 2.52. The first-order valence-electron chi connectivity index (χ1n) is 7.37. The number of halogens is 2. The monoisotopic (exact) mass is 295 g/mol. The molecule has 0 aliphatic carbocycles. The lowest BCUT2D eigenvalue weighted by atomic mass is 9.99. The summed E-state index contributed by atoms with van der Waals surface area (Å²) in [5.41, 5.74) is 1.10. The Morgan fingerprint density at radius 1 is 1.29 bits per heavy atom. The Morgan fingerprint density at radius 2 is 2.05 bits per heavy atom. The van der Waals surface area contributed by atoms with Crippen molar-refractivity contribution in [1.82, 2.24) is 15.5 Å². The van der Waals surface area contributed by atoms with Gasteiger partial charge in [-0.2, -0.15) is 0 Å². The van der Waals surface area contributed by atoms with Crippen LogP contribution in [0, 0.1) is 11.6 Å². The second-order valence-corrected chi connectivity index (χ2v) is 5.64. The van der Waals surface area contributed by atoms with E-state index in [0.29, 0.717) is 18.5 Å². The third kappa shape index (κ3) is 3.00. The number of nitrogens with one attached hydrogen (secondary N) is 2. The molecular formula is C15H19F2N3O. The lowest BCUT2D eigenvalue weighted by molar-refractivity contribution is 0.184. The predicted molar refractivity (Wildman–Crippen MR) is 74.9 cm³/mol. The Hall–Kier alpha value is -1.69. The van der Waals surface area contributed by atoms with E-state index < -0.39 is 11.6 Å². The third-order valence-corrected chi connectivity index (χ3v) is 4.25. The third-order valence-electron chi connectivity index (χ3n) is 4.25. The van der Waals surface area contributed by atoms with Crippen LogP contribution >= 0.6 is 0 Å². The Kier molecular flexibility index (Phi) is 4.05. The first-order valence-corrected chi connectivity index (χ1v) is 7.37. The van der Waals surface area contributed by atoms with Crippen molar-refractivity contribution in [3.8, 4) is 0 Å². The van der Waals surface area contributed by atoms with Crippen LogP contribution in [0.2, 0.25) is 0 Å². The number of fused-ring (bicyclic) bond motifs is 1. The van der Waals surface area contributed by atoms with E-state index in [0.717, 1.165) is 37.6 Å². The SMILES string of the molecule is O=C(NC1CCNCC1)N1CCc2ccc(F)c(F)c2C1. The summed E-state index contributed by atoms with van der Waals surface area (Å²) in [7, 11) is 0. The first-order chi connectivity index (χ1) is 10.1. The normalized spacial score (nSPS) is 19.2. The van der Waals surface area contributed by atoms with Crippen LogP contribution in [0.25, 0.3) is 0 Å². The van der Waals surface area contributed by atoms with Crippen LogP contribution in [-0.2, 0) is 13.0 Å². The predicted octanol–water partition coefficient (Wildman–Crippen LogP) is 1.78. The highest BCUT2D eigenvalue weighted by Gasteiger charge is 2.26. The van der Waals surface area contributed by atoms with E-state index in [1.807, 2.05) is 0 Å². The molecular weight excluding hydrogens is 276 g/mol. The van der Waals surface area contributed by atoms with Gasteiger partial charge in [-0.25, -0.2) is 13.6 Å². The second-order valence-electron chi connectivity index (χ2n) is 5.64. The van der Waals surface area contributed by atoms with Gasteiger partial charge >= 0.3 is 6.03 Å². The molecule has 0 unspecified atom stereocenters. The fraction of sp³-hybridized carbons (Fsp3) is 0.533. The molecule has 1 fully saturated rings. The Bertz CT molecular complexity index is 544. The number of piperidine rings is 1. The summed E-state index contributed by atoms with van der Waals surface area (Å²) >= 11 is 0. The van der Waals surface area contributed by atoms with Gasteiger partial charge in [0.05, 0.1) is 6.54 Å². The van der Waals surface area contributed by atoms with Gasteiger partial charge in [-0.05, 0) is 44.0 Å². The fourth-order valence-electron chi connectivity index (χ4n) is 2.97. The zero-order chi connectivity index (χ0) is 14.8. The number of amides is 2. The maximum Gasteiger partial charge on any atom is 0.317 e. The van der Waals surface area contributed by atoms with Crippen LogP contribution in [0.15, 0.2) is 12.1 Å². The van der Waals surface area contributed by atoms with Crippen LogP contribution in [-0.4, -0.2) is 36.6 Å². The highest BCUT2D eigenvalue weighted by Crippen LogP contribution is 2.23. The molecule has 2 N–H and O–H groups in total. The summed E-state index contributed by atoms with van der Waals surface area (Å²) in [6, 6.07) is 2.74. The van der Waals surface area contributed by atoms with Gasteiger partial charge in [-0.3, -0.25) is 0 Å². The van der Waals surface area contributed by atoms with E-state index in [1.54, 1.807) is 11.0 Å². The number of urea groups is 1. The molecule has 0 aromatic heterocycles. The molecule has 2 heterocycles. The average molecular weight is 295 g/mol. The molecule has 2 aliphatic rings. The van der Waals surface area contributed by atoms with E-state index in [1.165, 1.54) is 0 Å². The highest BCUT2D eigenvalue weighted by atomic mass is 19.2. The molecule has 0 atom stereocenters. The molecule has 1 saturated heterocycles. The Labute approximate surface area is 122 Å². The standard InChI is InChI=1S/C15H19F2N3O/c16-13-2-1-10-5-8-20(9-12(10)14(13)17)15(21)19-11-3-6-18-7-4-11/h1-2,11,18H,3-9H2,(H,19,21). The molecule has 1 aromatic rings. The number of nitrogens with zero attached hydrogens (tertiary/aromatic N) is 1. The zero-order valence-electron chi connectivity index (χ0n) is 11.8.